The molecule has 0 saturated carbocycles. The van der Waals surface area contributed by atoms with Gasteiger partial charge in [0, 0.05) is 11.9 Å². The van der Waals surface area contributed by atoms with E-state index in [0.717, 1.165) is 22.0 Å². The molecule has 4 aromatic rings. The summed E-state index contributed by atoms with van der Waals surface area (Å²) in [6.45, 7) is 0.487. The van der Waals surface area contributed by atoms with Gasteiger partial charge >= 0.3 is 11.7 Å². The molecule has 138 valence electrons. The molecule has 0 bridgehead atoms. The predicted molar refractivity (Wildman–Crippen MR) is 109 cm³/mol. The Balaban J connectivity index is 1.57. The van der Waals surface area contributed by atoms with Gasteiger partial charge in [0.25, 0.3) is 0 Å². The van der Waals surface area contributed by atoms with Crippen LogP contribution in [0.15, 0.2) is 77.6 Å². The first-order valence-electron chi connectivity index (χ1n) is 8.76. The number of nitrogens with zero attached hydrogens (tertiary/aromatic N) is 1. The average Bonchev–Trinajstić information content (AvgIpc) is 2.72. The maximum atomic E-state index is 11.7. The number of fused-ring (bicyclic) bond motifs is 1. The molecule has 0 atom stereocenters. The summed E-state index contributed by atoms with van der Waals surface area (Å²) in [5.74, 6) is -0.423. The first-order chi connectivity index (χ1) is 13.6. The second-order valence-corrected chi connectivity index (χ2v) is 6.34. The summed E-state index contributed by atoms with van der Waals surface area (Å²) in [5, 5.41) is 13.4. The Labute approximate surface area is 160 Å². The van der Waals surface area contributed by atoms with Crippen LogP contribution in [0.5, 0.6) is 0 Å². The fourth-order valence-electron chi connectivity index (χ4n) is 3.15. The molecule has 3 aromatic carbocycles. The number of para-hydroxylation sites is 1. The van der Waals surface area contributed by atoms with E-state index < -0.39 is 11.7 Å². The van der Waals surface area contributed by atoms with Crippen molar-refractivity contribution in [2.75, 3.05) is 5.32 Å². The van der Waals surface area contributed by atoms with Crippen LogP contribution < -0.4 is 11.0 Å². The highest BCUT2D eigenvalue weighted by Gasteiger charge is 2.10. The Kier molecular flexibility index (Phi) is 4.60. The van der Waals surface area contributed by atoms with Crippen LogP contribution >= 0.6 is 0 Å². The van der Waals surface area contributed by atoms with E-state index in [-0.39, 0.29) is 5.56 Å². The van der Waals surface area contributed by atoms with Crippen LogP contribution in [0.25, 0.3) is 22.0 Å². The topological polar surface area (TPSA) is 95.1 Å². The van der Waals surface area contributed by atoms with Crippen molar-refractivity contribution in [3.8, 4) is 11.1 Å². The molecule has 0 amide bonds. The van der Waals surface area contributed by atoms with Crippen molar-refractivity contribution < 1.29 is 9.90 Å². The Morgan fingerprint density at radius 2 is 1.68 bits per heavy atom. The third-order valence-corrected chi connectivity index (χ3v) is 4.52. The Hall–Kier alpha value is -3.93. The van der Waals surface area contributed by atoms with Crippen molar-refractivity contribution >= 4 is 22.7 Å². The largest absolute Gasteiger partial charge is 0.478 e. The number of H-pyrrole nitrogens is 1. The molecule has 4 rings (SSSR count). The molecule has 6 nitrogen and oxygen atoms in total. The number of carbonyl (C=O) groups is 1. The highest BCUT2D eigenvalue weighted by atomic mass is 16.4. The summed E-state index contributed by atoms with van der Waals surface area (Å²) in [4.78, 5) is 29.9. The van der Waals surface area contributed by atoms with Crippen LogP contribution in [0.4, 0.5) is 5.82 Å². The lowest BCUT2D eigenvalue weighted by Crippen LogP contribution is -2.14. The molecule has 0 radical (unpaired) electrons. The monoisotopic (exact) mass is 371 g/mol. The lowest BCUT2D eigenvalue weighted by molar-refractivity contribution is 0.0697. The molecule has 6 heteroatoms. The highest BCUT2D eigenvalue weighted by Crippen LogP contribution is 2.24. The summed E-state index contributed by atoms with van der Waals surface area (Å²) in [5.41, 5.74) is 3.10. The van der Waals surface area contributed by atoms with E-state index >= 15 is 0 Å². The predicted octanol–water partition coefficient (Wildman–Crippen LogP) is 3.90. The van der Waals surface area contributed by atoms with Crippen molar-refractivity contribution in [2.24, 2.45) is 0 Å². The van der Waals surface area contributed by atoms with E-state index in [2.05, 4.69) is 15.3 Å². The molecule has 0 fully saturated rings. The quantitative estimate of drug-likeness (QED) is 0.494. The summed E-state index contributed by atoms with van der Waals surface area (Å²) < 4.78 is 0. The van der Waals surface area contributed by atoms with Gasteiger partial charge in [0.2, 0.25) is 0 Å². The normalized spacial score (nSPS) is 10.7. The van der Waals surface area contributed by atoms with Crippen LogP contribution in [0.1, 0.15) is 15.9 Å². The Morgan fingerprint density at radius 1 is 0.964 bits per heavy atom. The van der Waals surface area contributed by atoms with Crippen molar-refractivity contribution in [3.05, 3.63) is 94.4 Å². The standard InChI is InChI=1S/C22H17N3O3/c26-21(27)17-6-2-1-5-16(17)15-11-9-14(10-12-15)13-23-20-18-7-3-4-8-19(18)24-22(28)25-20/h1-12H,13H2,(H,26,27)(H2,23,24,25,28). The van der Waals surface area contributed by atoms with Crippen LogP contribution in [-0.4, -0.2) is 21.0 Å². The van der Waals surface area contributed by atoms with Gasteiger partial charge in [0.1, 0.15) is 5.82 Å². The minimum absolute atomic E-state index is 0.271. The second-order valence-electron chi connectivity index (χ2n) is 6.34. The van der Waals surface area contributed by atoms with Gasteiger partial charge in [-0.3, -0.25) is 0 Å². The summed E-state index contributed by atoms with van der Waals surface area (Å²) in [6.07, 6.45) is 0. The van der Waals surface area contributed by atoms with E-state index in [4.69, 9.17) is 0 Å². The van der Waals surface area contributed by atoms with Crippen LogP contribution in [0.3, 0.4) is 0 Å². The van der Waals surface area contributed by atoms with E-state index in [9.17, 15) is 14.7 Å². The van der Waals surface area contributed by atoms with Crippen molar-refractivity contribution in [1.29, 1.82) is 0 Å². The van der Waals surface area contributed by atoms with Crippen molar-refractivity contribution in [3.63, 3.8) is 0 Å². The number of aromatic amines is 1. The summed E-state index contributed by atoms with van der Waals surface area (Å²) in [6, 6.07) is 22.0. The summed E-state index contributed by atoms with van der Waals surface area (Å²) >= 11 is 0. The summed E-state index contributed by atoms with van der Waals surface area (Å²) in [7, 11) is 0. The van der Waals surface area contributed by atoms with Gasteiger partial charge in [-0.2, -0.15) is 4.98 Å². The van der Waals surface area contributed by atoms with Crippen molar-refractivity contribution in [2.45, 2.75) is 6.54 Å². The van der Waals surface area contributed by atoms with Gasteiger partial charge in [-0.05, 0) is 34.9 Å². The molecule has 3 N–H and O–H groups in total. The number of anilines is 1. The zero-order valence-electron chi connectivity index (χ0n) is 14.8. The number of benzene rings is 3. The molecule has 0 spiro atoms. The number of carboxylic acids is 1. The minimum atomic E-state index is -0.950. The number of hydrogen-bond donors (Lipinski definition) is 3. The van der Waals surface area contributed by atoms with Gasteiger partial charge in [0.05, 0.1) is 11.1 Å². The zero-order valence-corrected chi connectivity index (χ0v) is 14.8. The SMILES string of the molecule is O=C(O)c1ccccc1-c1ccc(CNc2nc(=O)[nH]c3ccccc23)cc1. The second kappa shape index (κ2) is 7.36. The van der Waals surface area contributed by atoms with E-state index in [1.165, 1.54) is 0 Å². The average molecular weight is 371 g/mol. The smallest absolute Gasteiger partial charge is 0.347 e. The number of aromatic nitrogens is 2. The van der Waals surface area contributed by atoms with E-state index in [1.54, 1.807) is 18.2 Å². The third-order valence-electron chi connectivity index (χ3n) is 4.52. The van der Waals surface area contributed by atoms with Crippen LogP contribution in [0.2, 0.25) is 0 Å². The van der Waals surface area contributed by atoms with E-state index in [0.29, 0.717) is 17.9 Å². The molecule has 0 saturated heterocycles. The number of hydrogen-bond acceptors (Lipinski definition) is 4. The first kappa shape index (κ1) is 17.5. The zero-order chi connectivity index (χ0) is 19.5. The van der Waals surface area contributed by atoms with Crippen LogP contribution in [-0.2, 0) is 6.54 Å². The third kappa shape index (κ3) is 3.48. The fraction of sp³-hybridized carbons (Fsp3) is 0.0455. The van der Waals surface area contributed by atoms with Gasteiger partial charge in [-0.15, -0.1) is 0 Å². The maximum absolute atomic E-state index is 11.7. The van der Waals surface area contributed by atoms with Gasteiger partial charge in [-0.1, -0.05) is 54.6 Å². The number of carboxylic acid groups (broad SMARTS) is 1. The molecule has 0 unspecified atom stereocenters. The van der Waals surface area contributed by atoms with Gasteiger partial charge in [-0.25, -0.2) is 9.59 Å². The number of nitrogens with one attached hydrogen (secondary N) is 2. The number of aromatic carboxylic acids is 1. The fourth-order valence-corrected chi connectivity index (χ4v) is 3.15. The van der Waals surface area contributed by atoms with Crippen LogP contribution in [0, 0.1) is 0 Å². The van der Waals surface area contributed by atoms with Gasteiger partial charge < -0.3 is 15.4 Å². The molecule has 0 aliphatic rings. The molecular weight excluding hydrogens is 354 g/mol. The minimum Gasteiger partial charge on any atom is -0.478 e. The molecular formula is C22H17N3O3. The van der Waals surface area contributed by atoms with Gasteiger partial charge in [0.15, 0.2) is 0 Å². The first-order valence-corrected chi connectivity index (χ1v) is 8.76. The number of rotatable bonds is 5. The molecule has 0 aliphatic heterocycles. The molecule has 1 aromatic heterocycles. The Morgan fingerprint density at radius 3 is 2.46 bits per heavy atom. The Bertz CT molecular complexity index is 1210. The lowest BCUT2D eigenvalue weighted by atomic mass is 9.99. The molecule has 1 heterocycles. The molecule has 0 aliphatic carbocycles. The van der Waals surface area contributed by atoms with Crippen molar-refractivity contribution in [1.82, 2.24) is 9.97 Å². The lowest BCUT2D eigenvalue weighted by Gasteiger charge is -2.10. The maximum Gasteiger partial charge on any atom is 0.347 e. The van der Waals surface area contributed by atoms with E-state index in [1.807, 2.05) is 54.6 Å². The molecule has 28 heavy (non-hydrogen) atoms. The highest BCUT2D eigenvalue weighted by molar-refractivity contribution is 5.96.